The van der Waals surface area contributed by atoms with Crippen LogP contribution < -0.4 is 10.1 Å². The number of aromatic nitrogens is 4. The minimum absolute atomic E-state index is 0.0713. The third kappa shape index (κ3) is 3.90. The first kappa shape index (κ1) is 13.3. The molecule has 102 valence electrons. The van der Waals surface area contributed by atoms with Gasteiger partial charge in [-0.25, -0.2) is 4.98 Å². The predicted molar refractivity (Wildman–Crippen MR) is 68.9 cm³/mol. The summed E-state index contributed by atoms with van der Waals surface area (Å²) >= 11 is 0. The standard InChI is InChI=1S/C12H17N5O2/c1-7(2)18-11-5-8(3)14-12(16-11)13-6-10-15-9(4)19-17-10/h5,7H,6H2,1-4H3,(H,13,14,16). The lowest BCUT2D eigenvalue weighted by atomic mass is 10.4. The largest absolute Gasteiger partial charge is 0.475 e. The Morgan fingerprint density at radius 1 is 1.26 bits per heavy atom. The second kappa shape index (κ2) is 5.64. The summed E-state index contributed by atoms with van der Waals surface area (Å²) in [6.07, 6.45) is 0.0713. The Hall–Kier alpha value is -2.18. The number of nitrogens with one attached hydrogen (secondary N) is 1. The Morgan fingerprint density at radius 3 is 2.68 bits per heavy atom. The predicted octanol–water partition coefficient (Wildman–Crippen LogP) is 1.88. The van der Waals surface area contributed by atoms with Gasteiger partial charge in [0.15, 0.2) is 5.82 Å². The molecule has 1 N–H and O–H groups in total. The number of rotatable bonds is 5. The van der Waals surface area contributed by atoms with Crippen molar-refractivity contribution < 1.29 is 9.26 Å². The van der Waals surface area contributed by atoms with Gasteiger partial charge in [-0.1, -0.05) is 5.16 Å². The van der Waals surface area contributed by atoms with Gasteiger partial charge in [0.05, 0.1) is 12.6 Å². The van der Waals surface area contributed by atoms with Gasteiger partial charge < -0.3 is 14.6 Å². The smallest absolute Gasteiger partial charge is 0.226 e. The lowest BCUT2D eigenvalue weighted by Crippen LogP contribution is -2.10. The van der Waals surface area contributed by atoms with Crippen molar-refractivity contribution in [2.45, 2.75) is 40.3 Å². The third-order valence-corrected chi connectivity index (χ3v) is 2.16. The zero-order valence-corrected chi connectivity index (χ0v) is 11.5. The van der Waals surface area contributed by atoms with E-state index in [9.17, 15) is 0 Å². The molecular weight excluding hydrogens is 246 g/mol. The van der Waals surface area contributed by atoms with Gasteiger partial charge in [-0.05, 0) is 20.8 Å². The molecule has 7 nitrogen and oxygen atoms in total. The third-order valence-electron chi connectivity index (χ3n) is 2.16. The number of hydrogen-bond acceptors (Lipinski definition) is 7. The highest BCUT2D eigenvalue weighted by Gasteiger charge is 2.07. The first-order valence-electron chi connectivity index (χ1n) is 6.08. The van der Waals surface area contributed by atoms with Crippen LogP contribution in [0, 0.1) is 13.8 Å². The second-order valence-electron chi connectivity index (χ2n) is 4.42. The van der Waals surface area contributed by atoms with Crippen molar-refractivity contribution in [3.8, 4) is 5.88 Å². The van der Waals surface area contributed by atoms with Crippen molar-refractivity contribution in [3.05, 3.63) is 23.5 Å². The van der Waals surface area contributed by atoms with Crippen LogP contribution in [0.5, 0.6) is 5.88 Å². The molecule has 2 heterocycles. The van der Waals surface area contributed by atoms with E-state index in [1.54, 1.807) is 13.0 Å². The van der Waals surface area contributed by atoms with E-state index in [-0.39, 0.29) is 6.10 Å². The monoisotopic (exact) mass is 263 g/mol. The van der Waals surface area contributed by atoms with Crippen molar-refractivity contribution >= 4 is 5.95 Å². The highest BCUT2D eigenvalue weighted by atomic mass is 16.5. The van der Waals surface area contributed by atoms with Crippen LogP contribution in [0.3, 0.4) is 0 Å². The molecule has 0 aliphatic carbocycles. The van der Waals surface area contributed by atoms with E-state index in [0.717, 1.165) is 5.69 Å². The molecule has 0 atom stereocenters. The Morgan fingerprint density at radius 2 is 2.05 bits per heavy atom. The van der Waals surface area contributed by atoms with Gasteiger partial charge in [-0.2, -0.15) is 9.97 Å². The number of nitrogens with zero attached hydrogens (tertiary/aromatic N) is 4. The summed E-state index contributed by atoms with van der Waals surface area (Å²) in [5, 5.41) is 6.83. The average molecular weight is 263 g/mol. The van der Waals surface area contributed by atoms with Crippen LogP contribution >= 0.6 is 0 Å². The maximum atomic E-state index is 5.55. The van der Waals surface area contributed by atoms with Gasteiger partial charge in [0, 0.05) is 18.7 Å². The van der Waals surface area contributed by atoms with Crippen LogP contribution in [-0.4, -0.2) is 26.2 Å². The molecule has 2 aromatic heterocycles. The quantitative estimate of drug-likeness (QED) is 0.881. The molecule has 2 rings (SSSR count). The van der Waals surface area contributed by atoms with Gasteiger partial charge in [0.2, 0.25) is 17.7 Å². The molecule has 0 fully saturated rings. The number of anilines is 1. The van der Waals surface area contributed by atoms with E-state index < -0.39 is 0 Å². The number of hydrogen-bond donors (Lipinski definition) is 1. The van der Waals surface area contributed by atoms with E-state index in [4.69, 9.17) is 9.26 Å². The van der Waals surface area contributed by atoms with Crippen molar-refractivity contribution in [1.29, 1.82) is 0 Å². The van der Waals surface area contributed by atoms with E-state index in [2.05, 4.69) is 25.4 Å². The van der Waals surface area contributed by atoms with Crippen LogP contribution in [-0.2, 0) is 6.54 Å². The molecule has 0 radical (unpaired) electrons. The summed E-state index contributed by atoms with van der Waals surface area (Å²) in [5.74, 6) is 2.13. The first-order valence-corrected chi connectivity index (χ1v) is 6.08. The minimum atomic E-state index is 0.0713. The second-order valence-corrected chi connectivity index (χ2v) is 4.42. The van der Waals surface area contributed by atoms with E-state index in [1.807, 2.05) is 20.8 Å². The fraction of sp³-hybridized carbons (Fsp3) is 0.500. The maximum Gasteiger partial charge on any atom is 0.226 e. The maximum absolute atomic E-state index is 5.55. The number of aryl methyl sites for hydroxylation is 2. The van der Waals surface area contributed by atoms with Gasteiger partial charge in [-0.15, -0.1) is 0 Å². The topological polar surface area (TPSA) is 86.0 Å². The first-order chi connectivity index (χ1) is 9.02. The van der Waals surface area contributed by atoms with Crippen molar-refractivity contribution in [2.75, 3.05) is 5.32 Å². The van der Waals surface area contributed by atoms with Crippen LogP contribution in [0.2, 0.25) is 0 Å². The normalized spacial score (nSPS) is 10.8. The fourth-order valence-corrected chi connectivity index (χ4v) is 1.49. The molecule has 0 unspecified atom stereocenters. The summed E-state index contributed by atoms with van der Waals surface area (Å²) in [6, 6.07) is 1.80. The molecule has 0 saturated carbocycles. The highest BCUT2D eigenvalue weighted by molar-refractivity contribution is 5.30. The van der Waals surface area contributed by atoms with Crippen LogP contribution in [0.15, 0.2) is 10.6 Å². The molecule has 0 amide bonds. The molecule has 0 spiro atoms. The van der Waals surface area contributed by atoms with Gasteiger partial charge in [0.25, 0.3) is 0 Å². The number of ether oxygens (including phenoxy) is 1. The summed E-state index contributed by atoms with van der Waals surface area (Å²) in [5.41, 5.74) is 0.831. The lowest BCUT2D eigenvalue weighted by molar-refractivity contribution is 0.232. The van der Waals surface area contributed by atoms with Gasteiger partial charge in [0.1, 0.15) is 0 Å². The molecule has 0 aliphatic rings. The van der Waals surface area contributed by atoms with E-state index in [0.29, 0.717) is 30.1 Å². The summed E-state index contributed by atoms with van der Waals surface area (Å²) in [6.45, 7) is 7.94. The fourth-order valence-electron chi connectivity index (χ4n) is 1.49. The zero-order chi connectivity index (χ0) is 13.8. The Bertz CT molecular complexity index is 553. The Labute approximate surface area is 111 Å². The van der Waals surface area contributed by atoms with Crippen molar-refractivity contribution in [2.24, 2.45) is 0 Å². The molecule has 0 aromatic carbocycles. The molecular formula is C12H17N5O2. The van der Waals surface area contributed by atoms with Gasteiger partial charge >= 0.3 is 0 Å². The molecule has 0 saturated heterocycles. The van der Waals surface area contributed by atoms with E-state index in [1.165, 1.54) is 0 Å². The Kier molecular flexibility index (Phi) is 3.94. The van der Waals surface area contributed by atoms with Crippen LogP contribution in [0.25, 0.3) is 0 Å². The van der Waals surface area contributed by atoms with Gasteiger partial charge in [-0.3, -0.25) is 0 Å². The molecule has 19 heavy (non-hydrogen) atoms. The average Bonchev–Trinajstić information content (AvgIpc) is 2.71. The minimum Gasteiger partial charge on any atom is -0.475 e. The van der Waals surface area contributed by atoms with Crippen molar-refractivity contribution in [3.63, 3.8) is 0 Å². The van der Waals surface area contributed by atoms with Crippen LogP contribution in [0.4, 0.5) is 5.95 Å². The van der Waals surface area contributed by atoms with E-state index >= 15 is 0 Å². The molecule has 2 aromatic rings. The Balaban J connectivity index is 2.05. The summed E-state index contributed by atoms with van der Waals surface area (Å²) < 4.78 is 10.4. The summed E-state index contributed by atoms with van der Waals surface area (Å²) in [7, 11) is 0. The molecule has 0 aliphatic heterocycles. The van der Waals surface area contributed by atoms with Crippen LogP contribution in [0.1, 0.15) is 31.3 Å². The highest BCUT2D eigenvalue weighted by Crippen LogP contribution is 2.13. The van der Waals surface area contributed by atoms with Crippen molar-refractivity contribution in [1.82, 2.24) is 20.1 Å². The SMILES string of the molecule is Cc1cc(OC(C)C)nc(NCc2noc(C)n2)n1. The summed E-state index contributed by atoms with van der Waals surface area (Å²) in [4.78, 5) is 12.6. The lowest BCUT2D eigenvalue weighted by Gasteiger charge is -2.10. The molecule has 0 bridgehead atoms. The zero-order valence-electron chi connectivity index (χ0n) is 11.5. The molecule has 7 heteroatoms.